The van der Waals surface area contributed by atoms with Crippen molar-refractivity contribution in [2.75, 3.05) is 5.32 Å². The van der Waals surface area contributed by atoms with E-state index < -0.39 is 11.8 Å². The predicted molar refractivity (Wildman–Crippen MR) is 92.3 cm³/mol. The minimum Gasteiger partial charge on any atom is -0.465 e. The zero-order valence-corrected chi connectivity index (χ0v) is 14.1. The summed E-state index contributed by atoms with van der Waals surface area (Å²) in [5, 5.41) is 14.9. The van der Waals surface area contributed by atoms with E-state index in [-0.39, 0.29) is 24.0 Å². The van der Waals surface area contributed by atoms with Crippen molar-refractivity contribution in [2.45, 2.75) is 6.61 Å². The molecule has 0 aliphatic rings. The molecule has 0 fully saturated rings. The number of hydrogen-bond acceptors (Lipinski definition) is 8. The molecule has 1 amide bonds. The Morgan fingerprint density at radius 3 is 2.81 bits per heavy atom. The first-order chi connectivity index (χ1) is 13.0. The third kappa shape index (κ3) is 4.54. The van der Waals surface area contributed by atoms with Crippen LogP contribution in [0.15, 0.2) is 57.1 Å². The van der Waals surface area contributed by atoms with E-state index in [1.807, 2.05) is 0 Å². The highest BCUT2D eigenvalue weighted by molar-refractivity contribution is 6.08. The number of nitrogens with one attached hydrogen (secondary N) is 1. The maximum Gasteiger partial charge on any atom is 0.460 e. The van der Waals surface area contributed by atoms with Gasteiger partial charge in [0, 0.05) is 13.2 Å². The summed E-state index contributed by atoms with van der Waals surface area (Å²) in [6.45, 7) is -0.0444. The van der Waals surface area contributed by atoms with Crippen LogP contribution in [-0.4, -0.2) is 36.6 Å². The fourth-order valence-corrected chi connectivity index (χ4v) is 2.15. The lowest BCUT2D eigenvalue weighted by atomic mass is 10.2. The second kappa shape index (κ2) is 7.91. The van der Waals surface area contributed by atoms with E-state index in [1.165, 1.54) is 13.1 Å². The van der Waals surface area contributed by atoms with Gasteiger partial charge >= 0.3 is 11.8 Å². The Hall–Kier alpha value is -4.02. The van der Waals surface area contributed by atoms with Gasteiger partial charge in [0.2, 0.25) is 5.82 Å². The van der Waals surface area contributed by atoms with E-state index in [0.717, 1.165) is 4.74 Å². The zero-order valence-electron chi connectivity index (χ0n) is 14.1. The van der Waals surface area contributed by atoms with E-state index in [2.05, 4.69) is 25.4 Å². The number of hydrogen-bond donors (Lipinski definition) is 2. The van der Waals surface area contributed by atoms with Crippen LogP contribution >= 0.6 is 0 Å². The van der Waals surface area contributed by atoms with Gasteiger partial charge < -0.3 is 14.5 Å². The second-order valence-electron chi connectivity index (χ2n) is 5.16. The monoisotopic (exact) mass is 370 g/mol. The van der Waals surface area contributed by atoms with Gasteiger partial charge in [0.15, 0.2) is 12.3 Å². The summed E-state index contributed by atoms with van der Waals surface area (Å²) in [5.74, 6) is -0.463. The molecule has 0 aliphatic carbocycles. The maximum atomic E-state index is 11.4. The van der Waals surface area contributed by atoms with Crippen LogP contribution in [0.1, 0.15) is 17.2 Å². The van der Waals surface area contributed by atoms with Gasteiger partial charge in [0.1, 0.15) is 5.82 Å². The molecule has 2 N–H and O–H groups in total. The largest absolute Gasteiger partial charge is 0.465 e. The van der Waals surface area contributed by atoms with E-state index in [9.17, 15) is 9.59 Å². The highest BCUT2D eigenvalue weighted by Gasteiger charge is 2.17. The van der Waals surface area contributed by atoms with Gasteiger partial charge in [-0.3, -0.25) is 10.3 Å². The van der Waals surface area contributed by atoms with Crippen LogP contribution in [0.5, 0.6) is 0 Å². The van der Waals surface area contributed by atoms with Crippen molar-refractivity contribution in [1.29, 1.82) is 0 Å². The van der Waals surface area contributed by atoms with Gasteiger partial charge in [-0.2, -0.15) is 9.72 Å². The quantitative estimate of drug-likeness (QED) is 0.487. The first-order valence-corrected chi connectivity index (χ1v) is 7.65. The van der Waals surface area contributed by atoms with Crippen LogP contribution < -0.4 is 11.1 Å². The highest BCUT2D eigenvalue weighted by atomic mass is 16.6. The number of aryl methyl sites for hydroxylation is 1. The maximum absolute atomic E-state index is 11.4. The van der Waals surface area contributed by atoms with E-state index >= 15 is 0 Å². The number of aromatic nitrogens is 4. The third-order valence-electron chi connectivity index (χ3n) is 3.24. The Labute approximate surface area is 151 Å². The van der Waals surface area contributed by atoms with E-state index in [0.29, 0.717) is 11.4 Å². The lowest BCUT2D eigenvalue weighted by Gasteiger charge is -2.06. The molecule has 11 nitrogen and oxygen atoms in total. The molecule has 27 heavy (non-hydrogen) atoms. The van der Waals surface area contributed by atoms with Crippen molar-refractivity contribution < 1.29 is 19.3 Å². The topological polar surface area (TPSA) is 145 Å². The Kier molecular flexibility index (Phi) is 5.21. The third-order valence-corrected chi connectivity index (χ3v) is 3.24. The number of pyridine rings is 2. The minimum absolute atomic E-state index is 0.0444. The number of rotatable bonds is 6. The molecule has 0 saturated heterocycles. The van der Waals surface area contributed by atoms with Gasteiger partial charge in [-0.25, -0.2) is 14.6 Å². The Balaban J connectivity index is 1.84. The number of nitrogens with zero attached hydrogens (tertiary/aromatic N) is 5. The molecule has 3 rings (SSSR count). The molecule has 0 bridgehead atoms. The standard InChI is InChI=1S/C16H14N6O5/c1-22-14(20-16(25)27-22)13(11-6-2-3-8-17-11)21-26-9-10-5-4-7-12(18-10)19-15(23)24/h2-8H,9H2,1H3,(H,18,19)(H,23,24)/b21-13-. The van der Waals surface area contributed by atoms with E-state index in [1.54, 1.807) is 36.5 Å². The molecule has 3 heterocycles. The number of anilines is 1. The average Bonchev–Trinajstić information content (AvgIpc) is 2.97. The zero-order chi connectivity index (χ0) is 19.2. The molecule has 3 aromatic rings. The van der Waals surface area contributed by atoms with Crippen molar-refractivity contribution >= 4 is 17.6 Å². The van der Waals surface area contributed by atoms with Gasteiger partial charge in [0.05, 0.1) is 11.4 Å². The van der Waals surface area contributed by atoms with Crippen LogP contribution in [0.3, 0.4) is 0 Å². The molecule has 138 valence electrons. The van der Waals surface area contributed by atoms with Crippen LogP contribution in [0.25, 0.3) is 0 Å². The summed E-state index contributed by atoms with van der Waals surface area (Å²) >= 11 is 0. The highest BCUT2D eigenvalue weighted by Crippen LogP contribution is 2.09. The first-order valence-electron chi connectivity index (χ1n) is 7.65. The molecule has 0 spiro atoms. The Morgan fingerprint density at radius 1 is 1.30 bits per heavy atom. The Morgan fingerprint density at radius 2 is 2.15 bits per heavy atom. The summed E-state index contributed by atoms with van der Waals surface area (Å²) in [5.41, 5.74) is 1.07. The molecular formula is C16H14N6O5. The summed E-state index contributed by atoms with van der Waals surface area (Å²) in [6.07, 6.45) is 0.342. The van der Waals surface area contributed by atoms with Crippen LogP contribution in [-0.2, 0) is 18.5 Å². The normalized spacial score (nSPS) is 11.2. The van der Waals surface area contributed by atoms with Gasteiger partial charge in [-0.1, -0.05) is 17.3 Å². The number of oxime groups is 1. The number of carboxylic acid groups (broad SMARTS) is 1. The molecular weight excluding hydrogens is 356 g/mol. The summed E-state index contributed by atoms with van der Waals surface area (Å²) in [4.78, 5) is 39.4. The summed E-state index contributed by atoms with van der Waals surface area (Å²) < 4.78 is 6.01. The molecule has 0 aromatic carbocycles. The van der Waals surface area contributed by atoms with Crippen LogP contribution in [0, 0.1) is 0 Å². The Bertz CT molecular complexity index is 1030. The molecule has 0 radical (unpaired) electrons. The number of carbonyl (C=O) groups is 1. The molecule has 0 aliphatic heterocycles. The van der Waals surface area contributed by atoms with Crippen molar-refractivity contribution in [3.8, 4) is 0 Å². The van der Waals surface area contributed by atoms with E-state index in [4.69, 9.17) is 14.5 Å². The predicted octanol–water partition coefficient (Wildman–Crippen LogP) is 1.22. The lowest BCUT2D eigenvalue weighted by Crippen LogP contribution is -2.13. The van der Waals surface area contributed by atoms with Gasteiger partial charge in [-0.05, 0) is 24.3 Å². The summed E-state index contributed by atoms with van der Waals surface area (Å²) in [7, 11) is 1.50. The average molecular weight is 370 g/mol. The molecule has 0 saturated carbocycles. The van der Waals surface area contributed by atoms with Crippen molar-refractivity contribution in [2.24, 2.45) is 12.2 Å². The SMILES string of the molecule is Cn1oc(=O)nc1/C(=N\OCc1cccc(NC(=O)O)n1)c1ccccn1. The molecule has 3 aromatic heterocycles. The minimum atomic E-state index is -1.22. The molecule has 0 atom stereocenters. The van der Waals surface area contributed by atoms with Gasteiger partial charge in [0.25, 0.3) is 0 Å². The number of amides is 1. The summed E-state index contributed by atoms with van der Waals surface area (Å²) in [6, 6.07) is 9.94. The van der Waals surface area contributed by atoms with Gasteiger partial charge in [-0.15, -0.1) is 0 Å². The lowest BCUT2D eigenvalue weighted by molar-refractivity contribution is 0.127. The van der Waals surface area contributed by atoms with Crippen molar-refractivity contribution in [3.05, 3.63) is 70.4 Å². The fourth-order valence-electron chi connectivity index (χ4n) is 2.15. The molecule has 11 heteroatoms. The molecule has 0 unspecified atom stereocenters. The second-order valence-corrected chi connectivity index (χ2v) is 5.16. The van der Waals surface area contributed by atoms with Crippen molar-refractivity contribution in [1.82, 2.24) is 19.7 Å². The van der Waals surface area contributed by atoms with Crippen molar-refractivity contribution in [3.63, 3.8) is 0 Å². The van der Waals surface area contributed by atoms with Crippen LogP contribution in [0.2, 0.25) is 0 Å². The van der Waals surface area contributed by atoms with Crippen LogP contribution in [0.4, 0.5) is 10.6 Å². The smallest absolute Gasteiger partial charge is 0.460 e. The fraction of sp³-hybridized carbons (Fsp3) is 0.125. The first kappa shape index (κ1) is 17.8.